The Bertz CT molecular complexity index is 1930. The average molecular weight is 781 g/mol. The lowest BCUT2D eigenvalue weighted by Gasteiger charge is -2.62. The normalized spacial score (nSPS) is 26.1. The highest BCUT2D eigenvalue weighted by molar-refractivity contribution is 5.97. The van der Waals surface area contributed by atoms with Gasteiger partial charge in [0.1, 0.15) is 11.8 Å². The molecule has 4 fully saturated rings. The van der Waals surface area contributed by atoms with Crippen molar-refractivity contribution in [1.29, 1.82) is 0 Å². The highest BCUT2D eigenvalue weighted by Crippen LogP contribution is 2.61. The van der Waals surface area contributed by atoms with Gasteiger partial charge in [0.25, 0.3) is 5.91 Å². The van der Waals surface area contributed by atoms with E-state index in [2.05, 4.69) is 63.8 Å². The van der Waals surface area contributed by atoms with E-state index in [1.807, 2.05) is 75.7 Å². The van der Waals surface area contributed by atoms with Gasteiger partial charge >= 0.3 is 0 Å². The molecular weight excluding hydrogens is 721 g/mol. The van der Waals surface area contributed by atoms with Crippen LogP contribution in [0.1, 0.15) is 62.0 Å². The second-order valence-corrected chi connectivity index (χ2v) is 17.1. The number of nitrogens with zero attached hydrogens (tertiary/aromatic N) is 5. The molecule has 4 aliphatic rings. The number of likely N-dealkylation sites (N-methyl/N-ethyl adjacent to an activating group) is 1. The molecule has 3 aromatic carbocycles. The van der Waals surface area contributed by atoms with Gasteiger partial charge in [-0.25, -0.2) is 0 Å². The molecule has 3 saturated carbocycles. The molecule has 13 heteroatoms. The summed E-state index contributed by atoms with van der Waals surface area (Å²) in [7, 11) is 7.41. The Balaban J connectivity index is 1.28. The summed E-state index contributed by atoms with van der Waals surface area (Å²) in [5, 5.41) is 26.3. The van der Waals surface area contributed by atoms with Crippen LogP contribution in [0.3, 0.4) is 0 Å². The Kier molecular flexibility index (Phi) is 13.2. The van der Waals surface area contributed by atoms with Gasteiger partial charge in [-0.3, -0.25) is 14.4 Å². The fraction of sp³-hybridized carbons (Fsp3) is 0.545. The number of amides is 2. The Labute approximate surface area is 337 Å². The number of benzene rings is 3. The number of ether oxygens (including phenoxy) is 1. The fourth-order valence-electron chi connectivity index (χ4n) is 9.77. The van der Waals surface area contributed by atoms with E-state index in [4.69, 9.17) is 9.57 Å². The molecule has 13 nitrogen and oxygen atoms in total. The van der Waals surface area contributed by atoms with E-state index < -0.39 is 24.2 Å². The molecule has 2 bridgehead atoms. The van der Waals surface area contributed by atoms with Gasteiger partial charge in [-0.2, -0.15) is 5.06 Å². The average Bonchev–Trinajstić information content (AvgIpc) is 3.55. The lowest BCUT2D eigenvalue weighted by atomic mass is 9.45. The highest BCUT2D eigenvalue weighted by atomic mass is 16.7. The maximum atomic E-state index is 14.4. The summed E-state index contributed by atoms with van der Waals surface area (Å²) in [6.07, 6.45) is 1.15. The van der Waals surface area contributed by atoms with E-state index in [-0.39, 0.29) is 42.4 Å². The maximum Gasteiger partial charge on any atom is 0.251 e. The number of hydroxylamine groups is 2. The molecule has 57 heavy (non-hydrogen) atoms. The fourth-order valence-corrected chi connectivity index (χ4v) is 9.77. The Hall–Kier alpha value is -4.65. The molecule has 0 unspecified atom stereocenters. The minimum Gasteiger partial charge on any atom is -0.496 e. The first-order valence-corrected chi connectivity index (χ1v) is 20.2. The van der Waals surface area contributed by atoms with Crippen molar-refractivity contribution in [1.82, 2.24) is 20.6 Å². The molecule has 3 aromatic rings. The third-order valence-electron chi connectivity index (χ3n) is 12.9. The van der Waals surface area contributed by atoms with Crippen molar-refractivity contribution in [2.75, 3.05) is 46.7 Å². The number of hydrogen-bond donors (Lipinski definition) is 4. The topological polar surface area (TPSA) is 164 Å². The van der Waals surface area contributed by atoms with Gasteiger partial charge in [0.15, 0.2) is 0 Å². The van der Waals surface area contributed by atoms with Crippen LogP contribution < -0.4 is 20.7 Å². The van der Waals surface area contributed by atoms with Crippen LogP contribution in [0, 0.1) is 29.1 Å². The molecule has 7 rings (SSSR count). The first-order valence-electron chi connectivity index (χ1n) is 20.2. The van der Waals surface area contributed by atoms with Gasteiger partial charge < -0.3 is 30.7 Å². The first kappa shape index (κ1) is 42.0. The molecule has 0 spiro atoms. The third kappa shape index (κ3) is 9.08. The van der Waals surface area contributed by atoms with Gasteiger partial charge in [0.2, 0.25) is 5.91 Å². The standard InChI is InChI=1S/C44H60N8O5/c1-26-36-21-32(44(36,3)4)22-37(26)49-43(55)40-39(27(2)53)38(23-47-50-45)57-52(40)24-29-15-12-16-35(41(29)56-8)30-18-31(20-33(19-30)46-5)42(54)48-34(25-51(6)7)17-28-13-10-9-11-14-28/h9-16,18-20,26-27,32,34,36-40,46,53H,17,21-25H2,1-8H3,(H,48,54)(H,49,55)/t26-,27-,32+,34-,36-,37-,38-,39+,40-/m0/s1. The summed E-state index contributed by atoms with van der Waals surface area (Å²) in [6, 6.07) is 20.6. The molecule has 0 radical (unpaired) electrons. The minimum absolute atomic E-state index is 0.0159. The van der Waals surface area contributed by atoms with E-state index in [1.165, 1.54) is 6.42 Å². The zero-order valence-corrected chi connectivity index (χ0v) is 34.6. The van der Waals surface area contributed by atoms with Crippen molar-refractivity contribution in [2.45, 2.75) is 83.8 Å². The largest absolute Gasteiger partial charge is 0.496 e. The van der Waals surface area contributed by atoms with E-state index >= 15 is 0 Å². The number of aliphatic hydroxyl groups is 1. The van der Waals surface area contributed by atoms with Crippen LogP contribution in [0.4, 0.5) is 5.69 Å². The van der Waals surface area contributed by atoms with Gasteiger partial charge in [0.05, 0.1) is 32.4 Å². The molecule has 0 aromatic heterocycles. The Morgan fingerprint density at radius 3 is 2.51 bits per heavy atom. The lowest BCUT2D eigenvalue weighted by Crippen LogP contribution is -2.62. The smallest absolute Gasteiger partial charge is 0.251 e. The lowest BCUT2D eigenvalue weighted by molar-refractivity contribution is -0.175. The number of methoxy groups -OCH3 is 1. The Morgan fingerprint density at radius 2 is 1.88 bits per heavy atom. The second-order valence-electron chi connectivity index (χ2n) is 17.1. The van der Waals surface area contributed by atoms with Crippen LogP contribution in [0.2, 0.25) is 0 Å². The van der Waals surface area contributed by atoms with Crippen molar-refractivity contribution in [2.24, 2.45) is 34.2 Å². The number of rotatable bonds is 16. The minimum atomic E-state index is -0.923. The molecule has 1 saturated heterocycles. The van der Waals surface area contributed by atoms with Crippen LogP contribution in [0.15, 0.2) is 71.8 Å². The number of carbonyl (C=O) groups excluding carboxylic acids is 2. The first-order chi connectivity index (χ1) is 27.2. The third-order valence-corrected chi connectivity index (χ3v) is 12.9. The monoisotopic (exact) mass is 780 g/mol. The van der Waals surface area contributed by atoms with Gasteiger partial charge in [-0.15, -0.1) is 0 Å². The predicted octanol–water partition coefficient (Wildman–Crippen LogP) is 6.29. The summed E-state index contributed by atoms with van der Waals surface area (Å²) in [6.45, 7) is 9.32. The van der Waals surface area contributed by atoms with Crippen LogP contribution in [-0.4, -0.2) is 98.6 Å². The SMILES string of the molecule is CNc1cc(C(=O)N[C@@H](Cc2ccccc2)CN(C)C)cc(-c2cccc(CN3O[C@@H](CN=[N+]=[N-])[C@@H]([C@H](C)O)[C@H]3C(=O)N[C@H]3C[C@H]4C[C@@H]([C@@H]3C)C4(C)C)c2OC)c1. The van der Waals surface area contributed by atoms with Crippen molar-refractivity contribution >= 4 is 17.5 Å². The summed E-state index contributed by atoms with van der Waals surface area (Å²) in [4.78, 5) is 39.8. The quantitative estimate of drug-likeness (QED) is 0.0750. The van der Waals surface area contributed by atoms with Crippen LogP contribution in [-0.2, 0) is 22.6 Å². The number of fused-ring (bicyclic) bond motifs is 2. The number of para-hydroxylation sites is 1. The van der Waals surface area contributed by atoms with Crippen molar-refractivity contribution in [3.8, 4) is 16.9 Å². The second kappa shape index (κ2) is 17.9. The van der Waals surface area contributed by atoms with Crippen molar-refractivity contribution in [3.05, 3.63) is 93.9 Å². The number of aliphatic hydroxyl groups excluding tert-OH is 1. The predicted molar refractivity (Wildman–Crippen MR) is 222 cm³/mol. The van der Waals surface area contributed by atoms with Gasteiger partial charge in [-0.1, -0.05) is 74.4 Å². The number of carbonyl (C=O) groups is 2. The summed E-state index contributed by atoms with van der Waals surface area (Å²) < 4.78 is 6.10. The van der Waals surface area contributed by atoms with Gasteiger partial charge in [-0.05, 0) is 98.3 Å². The van der Waals surface area contributed by atoms with Crippen LogP contribution in [0.5, 0.6) is 5.75 Å². The summed E-state index contributed by atoms with van der Waals surface area (Å²) >= 11 is 0. The van der Waals surface area contributed by atoms with E-state index in [1.54, 1.807) is 19.1 Å². The molecule has 2 amide bonds. The van der Waals surface area contributed by atoms with Crippen LogP contribution >= 0.6 is 0 Å². The number of anilines is 1. The molecule has 3 aliphatic carbocycles. The van der Waals surface area contributed by atoms with Gasteiger partial charge in [0, 0.05) is 58.9 Å². The summed E-state index contributed by atoms with van der Waals surface area (Å²) in [5.41, 5.74) is 14.1. The highest BCUT2D eigenvalue weighted by Gasteiger charge is 2.57. The number of nitrogens with one attached hydrogen (secondary N) is 3. The molecule has 1 heterocycles. The van der Waals surface area contributed by atoms with Crippen molar-refractivity contribution < 1.29 is 24.3 Å². The molecule has 4 N–H and O–H groups in total. The molecule has 1 aliphatic heterocycles. The van der Waals surface area contributed by atoms with E-state index in [9.17, 15) is 20.2 Å². The molecular formula is C44H60N8O5. The zero-order valence-electron chi connectivity index (χ0n) is 34.6. The van der Waals surface area contributed by atoms with Crippen molar-refractivity contribution in [3.63, 3.8) is 0 Å². The number of hydrogen-bond acceptors (Lipinski definition) is 9. The number of azide groups is 1. The molecule has 9 atom stereocenters. The van der Waals surface area contributed by atoms with Crippen LogP contribution in [0.25, 0.3) is 21.6 Å². The Morgan fingerprint density at radius 1 is 1.12 bits per heavy atom. The molecule has 306 valence electrons. The zero-order chi connectivity index (χ0) is 41.0. The maximum absolute atomic E-state index is 14.4. The van der Waals surface area contributed by atoms with E-state index in [0.717, 1.165) is 34.4 Å². The summed E-state index contributed by atoms with van der Waals surface area (Å²) in [5.74, 6) is 0.913. The van der Waals surface area contributed by atoms with E-state index in [0.29, 0.717) is 42.0 Å².